The van der Waals surface area contributed by atoms with Crippen LogP contribution in [0.2, 0.25) is 0 Å². The van der Waals surface area contributed by atoms with Crippen molar-refractivity contribution in [2.45, 2.75) is 54.7 Å². The highest BCUT2D eigenvalue weighted by Gasteiger charge is 2.34. The molecular formula is C16H30N2O3S2. The standard InChI is InChI=1S/C16H30N2O3S2/c1-23(19,20)15-4-5-16(18-10-15)12-7-13(9-17-8-12)21-11-14-3-2-6-22-14/h12-18H,2-11H2,1H3. The highest BCUT2D eigenvalue weighted by atomic mass is 32.2. The molecule has 3 saturated heterocycles. The Hall–Kier alpha value is 0.180. The summed E-state index contributed by atoms with van der Waals surface area (Å²) in [6.07, 6.45) is 7.12. The topological polar surface area (TPSA) is 67.4 Å². The Morgan fingerprint density at radius 3 is 2.70 bits per heavy atom. The number of thioether (sulfide) groups is 1. The predicted molar refractivity (Wildman–Crippen MR) is 95.9 cm³/mol. The molecule has 5 unspecified atom stereocenters. The predicted octanol–water partition coefficient (Wildman–Crippen LogP) is 1.04. The zero-order chi connectivity index (χ0) is 16.3. The summed E-state index contributed by atoms with van der Waals surface area (Å²) in [5, 5.41) is 7.48. The van der Waals surface area contributed by atoms with Gasteiger partial charge in [0.15, 0.2) is 9.84 Å². The van der Waals surface area contributed by atoms with Crippen LogP contribution in [0.5, 0.6) is 0 Å². The van der Waals surface area contributed by atoms with Crippen LogP contribution >= 0.6 is 11.8 Å². The minimum atomic E-state index is -2.91. The minimum absolute atomic E-state index is 0.207. The Morgan fingerprint density at radius 2 is 2.04 bits per heavy atom. The van der Waals surface area contributed by atoms with Crippen molar-refractivity contribution < 1.29 is 13.2 Å². The number of hydrogen-bond donors (Lipinski definition) is 2. The molecule has 3 aliphatic heterocycles. The van der Waals surface area contributed by atoms with E-state index in [2.05, 4.69) is 10.6 Å². The Kier molecular flexibility index (Phi) is 6.29. The molecule has 5 nitrogen and oxygen atoms in total. The summed E-state index contributed by atoms with van der Waals surface area (Å²) in [6, 6.07) is 0.424. The van der Waals surface area contributed by atoms with E-state index in [1.165, 1.54) is 24.9 Å². The number of piperidine rings is 2. The molecule has 0 spiro atoms. The van der Waals surface area contributed by atoms with Crippen LogP contribution in [0.4, 0.5) is 0 Å². The molecule has 2 N–H and O–H groups in total. The van der Waals surface area contributed by atoms with Gasteiger partial charge in [-0.3, -0.25) is 0 Å². The summed E-state index contributed by atoms with van der Waals surface area (Å²) < 4.78 is 29.5. The van der Waals surface area contributed by atoms with E-state index in [0.29, 0.717) is 29.9 Å². The number of hydrogen-bond acceptors (Lipinski definition) is 6. The Bertz CT molecular complexity index is 472. The molecule has 0 aliphatic carbocycles. The third kappa shape index (κ3) is 5.08. The average Bonchev–Trinajstić information content (AvgIpc) is 3.06. The molecule has 0 bridgehead atoms. The smallest absolute Gasteiger partial charge is 0.151 e. The van der Waals surface area contributed by atoms with Gasteiger partial charge in [0, 0.05) is 30.6 Å². The van der Waals surface area contributed by atoms with Crippen molar-refractivity contribution in [3.8, 4) is 0 Å². The summed E-state index contributed by atoms with van der Waals surface area (Å²) in [4.78, 5) is 0. The molecule has 5 atom stereocenters. The first-order chi connectivity index (χ1) is 11.0. The molecule has 0 saturated carbocycles. The van der Waals surface area contributed by atoms with Gasteiger partial charge in [0.25, 0.3) is 0 Å². The Morgan fingerprint density at radius 1 is 1.17 bits per heavy atom. The molecule has 3 aliphatic rings. The molecule has 0 aromatic carbocycles. The number of nitrogens with one attached hydrogen (secondary N) is 2. The van der Waals surface area contributed by atoms with Crippen LogP contribution in [0.1, 0.15) is 32.1 Å². The second kappa shape index (κ2) is 8.04. The molecule has 0 amide bonds. The molecule has 0 aromatic rings. The fraction of sp³-hybridized carbons (Fsp3) is 1.00. The molecule has 0 radical (unpaired) electrons. The van der Waals surface area contributed by atoms with Gasteiger partial charge in [-0.15, -0.1) is 0 Å². The van der Waals surface area contributed by atoms with Crippen LogP contribution in [0, 0.1) is 5.92 Å². The van der Waals surface area contributed by atoms with Crippen molar-refractivity contribution >= 4 is 21.6 Å². The van der Waals surface area contributed by atoms with Crippen LogP contribution in [0.25, 0.3) is 0 Å². The molecule has 3 heterocycles. The summed E-state index contributed by atoms with van der Waals surface area (Å²) in [5.74, 6) is 1.83. The van der Waals surface area contributed by atoms with Crippen molar-refractivity contribution in [3.05, 3.63) is 0 Å². The average molecular weight is 363 g/mol. The number of ether oxygens (including phenoxy) is 1. The molecule has 3 rings (SSSR count). The van der Waals surface area contributed by atoms with Gasteiger partial charge in [0.2, 0.25) is 0 Å². The third-order valence-electron chi connectivity index (χ3n) is 5.47. The maximum Gasteiger partial charge on any atom is 0.151 e. The van der Waals surface area contributed by atoms with E-state index in [9.17, 15) is 8.42 Å². The van der Waals surface area contributed by atoms with E-state index < -0.39 is 9.84 Å². The van der Waals surface area contributed by atoms with Crippen molar-refractivity contribution in [2.75, 3.05) is 38.2 Å². The van der Waals surface area contributed by atoms with E-state index in [1.54, 1.807) is 0 Å². The van der Waals surface area contributed by atoms with Crippen LogP contribution < -0.4 is 10.6 Å². The number of sulfone groups is 1. The summed E-state index contributed by atoms with van der Waals surface area (Å²) in [5.41, 5.74) is 0. The molecule has 3 fully saturated rings. The summed E-state index contributed by atoms with van der Waals surface area (Å²) in [6.45, 7) is 3.45. The zero-order valence-electron chi connectivity index (χ0n) is 14.0. The molecule has 7 heteroatoms. The lowest BCUT2D eigenvalue weighted by Crippen LogP contribution is -2.53. The van der Waals surface area contributed by atoms with E-state index in [4.69, 9.17) is 4.74 Å². The van der Waals surface area contributed by atoms with Crippen LogP contribution in [0.3, 0.4) is 0 Å². The van der Waals surface area contributed by atoms with Gasteiger partial charge >= 0.3 is 0 Å². The molecular weight excluding hydrogens is 332 g/mol. The van der Waals surface area contributed by atoms with Gasteiger partial charge in [-0.25, -0.2) is 8.42 Å². The fourth-order valence-corrected chi connectivity index (χ4v) is 6.14. The lowest BCUT2D eigenvalue weighted by Gasteiger charge is -2.39. The minimum Gasteiger partial charge on any atom is -0.376 e. The SMILES string of the molecule is CS(=O)(=O)C1CCC(C2CNCC(OCC3CCCS3)C2)NC1. The Balaban J connectivity index is 1.43. The normalized spacial score (nSPS) is 39.4. The maximum atomic E-state index is 11.7. The first-order valence-corrected chi connectivity index (χ1v) is 11.9. The molecule has 134 valence electrons. The van der Waals surface area contributed by atoms with Gasteiger partial charge in [0.1, 0.15) is 0 Å². The molecule has 0 aromatic heterocycles. The third-order valence-corrected chi connectivity index (χ3v) is 8.45. The van der Waals surface area contributed by atoms with Crippen molar-refractivity contribution in [1.82, 2.24) is 10.6 Å². The zero-order valence-corrected chi connectivity index (χ0v) is 15.6. The second-order valence-corrected chi connectivity index (χ2v) is 11.0. The van der Waals surface area contributed by atoms with Gasteiger partial charge in [-0.1, -0.05) is 0 Å². The monoisotopic (exact) mass is 362 g/mol. The summed E-state index contributed by atoms with van der Waals surface area (Å²) in [7, 11) is -2.91. The largest absolute Gasteiger partial charge is 0.376 e. The molecule has 23 heavy (non-hydrogen) atoms. The van der Waals surface area contributed by atoms with E-state index in [-0.39, 0.29) is 5.25 Å². The lowest BCUT2D eigenvalue weighted by atomic mass is 9.85. The summed E-state index contributed by atoms with van der Waals surface area (Å²) >= 11 is 2.05. The quantitative estimate of drug-likeness (QED) is 0.762. The van der Waals surface area contributed by atoms with Gasteiger partial charge in [0.05, 0.1) is 18.0 Å². The van der Waals surface area contributed by atoms with Crippen molar-refractivity contribution in [3.63, 3.8) is 0 Å². The second-order valence-electron chi connectivity index (χ2n) is 7.29. The maximum absolute atomic E-state index is 11.7. The highest BCUT2D eigenvalue weighted by molar-refractivity contribution is 8.00. The van der Waals surface area contributed by atoms with Crippen LogP contribution in [-0.2, 0) is 14.6 Å². The van der Waals surface area contributed by atoms with E-state index in [0.717, 1.165) is 39.0 Å². The highest BCUT2D eigenvalue weighted by Crippen LogP contribution is 2.28. The van der Waals surface area contributed by atoms with Crippen molar-refractivity contribution in [1.29, 1.82) is 0 Å². The Labute approximate surface area is 144 Å². The van der Waals surface area contributed by atoms with Gasteiger partial charge in [-0.05, 0) is 50.3 Å². The van der Waals surface area contributed by atoms with Gasteiger partial charge in [-0.2, -0.15) is 11.8 Å². The van der Waals surface area contributed by atoms with Gasteiger partial charge < -0.3 is 15.4 Å². The first kappa shape index (κ1) is 18.0. The van der Waals surface area contributed by atoms with Crippen molar-refractivity contribution in [2.24, 2.45) is 5.92 Å². The fourth-order valence-electron chi connectivity index (χ4n) is 4.01. The lowest BCUT2D eigenvalue weighted by molar-refractivity contribution is 0.0156. The van der Waals surface area contributed by atoms with Crippen LogP contribution in [-0.4, -0.2) is 69.3 Å². The van der Waals surface area contributed by atoms with Crippen LogP contribution in [0.15, 0.2) is 0 Å². The first-order valence-electron chi connectivity index (χ1n) is 8.88. The van der Waals surface area contributed by atoms with E-state index >= 15 is 0 Å². The van der Waals surface area contributed by atoms with E-state index in [1.807, 2.05) is 11.8 Å². The number of rotatable bonds is 5.